The highest BCUT2D eigenvalue weighted by atomic mass is 35.5. The smallest absolute Gasteiger partial charge is 0.391 e. The van der Waals surface area contributed by atoms with Crippen molar-refractivity contribution in [3.63, 3.8) is 0 Å². The maximum atomic E-state index is 13.8. The predicted molar refractivity (Wildman–Crippen MR) is 111 cm³/mol. The van der Waals surface area contributed by atoms with Gasteiger partial charge in [0.1, 0.15) is 18.8 Å². The molecule has 5 fully saturated rings. The van der Waals surface area contributed by atoms with Gasteiger partial charge < -0.3 is 20.5 Å². The predicted octanol–water partition coefficient (Wildman–Crippen LogP) is 1.77. The Bertz CT molecular complexity index is 780. The summed E-state index contributed by atoms with van der Waals surface area (Å²) >= 11 is 5.87. The van der Waals surface area contributed by atoms with Crippen LogP contribution in [0.2, 0.25) is 0 Å². The molecule has 1 heterocycles. The average molecular weight is 516 g/mol. The third kappa shape index (κ3) is 5.45. The van der Waals surface area contributed by atoms with E-state index in [0.717, 1.165) is 0 Å². The van der Waals surface area contributed by atoms with E-state index in [-0.39, 0.29) is 25.6 Å². The Labute approximate surface area is 199 Å². The minimum atomic E-state index is -4.52. The van der Waals surface area contributed by atoms with E-state index in [1.54, 1.807) is 0 Å². The highest BCUT2D eigenvalue weighted by Crippen LogP contribution is 2.47. The number of hydrogen-bond donors (Lipinski definition) is 4. The monoisotopic (exact) mass is 515 g/mol. The van der Waals surface area contributed by atoms with Crippen LogP contribution >= 0.6 is 11.6 Å². The topological polar surface area (TPSA) is 109 Å². The molecule has 4 N–H and O–H groups in total. The second-order valence-corrected chi connectivity index (χ2v) is 10.6. The Balaban J connectivity index is 1.26. The summed E-state index contributed by atoms with van der Waals surface area (Å²) in [7, 11) is 0. The van der Waals surface area contributed by atoms with Crippen molar-refractivity contribution in [3.05, 3.63) is 0 Å². The van der Waals surface area contributed by atoms with E-state index in [9.17, 15) is 32.3 Å². The largest absolute Gasteiger partial charge is 0.406 e. The first kappa shape index (κ1) is 25.9. The number of amides is 2. The number of rotatable bonds is 6. The van der Waals surface area contributed by atoms with Crippen molar-refractivity contribution in [2.45, 2.75) is 111 Å². The lowest BCUT2D eigenvalue weighted by Crippen LogP contribution is -2.70. The van der Waals surface area contributed by atoms with Gasteiger partial charge in [-0.3, -0.25) is 14.4 Å². The lowest BCUT2D eigenvalue weighted by Gasteiger charge is -2.56. The van der Waals surface area contributed by atoms with Crippen LogP contribution in [0, 0.1) is 0 Å². The van der Waals surface area contributed by atoms with Gasteiger partial charge in [-0.15, -0.1) is 11.6 Å². The van der Waals surface area contributed by atoms with Crippen molar-refractivity contribution in [1.29, 1.82) is 0 Å². The molecule has 4 saturated carbocycles. The number of aliphatic hydroxyl groups excluding tert-OH is 1. The number of fused-ring (bicyclic) bond motifs is 3. The van der Waals surface area contributed by atoms with E-state index in [4.69, 9.17) is 21.2 Å². The first-order chi connectivity index (χ1) is 15.9. The second-order valence-electron chi connectivity index (χ2n) is 10.0. The van der Waals surface area contributed by atoms with Gasteiger partial charge in [-0.25, -0.2) is 4.39 Å². The number of halogens is 5. The zero-order chi connectivity index (χ0) is 24.7. The number of ether oxygens (including phenoxy) is 1. The van der Waals surface area contributed by atoms with Crippen LogP contribution in [0.25, 0.3) is 0 Å². The Kier molecular flexibility index (Phi) is 7.37. The second kappa shape index (κ2) is 9.68. The SMILES string of the molecule is O=C(COC1CCC(Cl)C(F)C1)NC12CCC(NC(=O)C3CC(C(F)(F)F)NO3)(CC1)C[C@@H]2O. The van der Waals surface area contributed by atoms with Gasteiger partial charge in [0.15, 0.2) is 6.10 Å². The summed E-state index contributed by atoms with van der Waals surface area (Å²) in [6, 6.07) is -1.91. The molecule has 1 saturated heterocycles. The molecule has 194 valence electrons. The van der Waals surface area contributed by atoms with Gasteiger partial charge in [0.25, 0.3) is 5.91 Å². The molecule has 13 heteroatoms. The molecule has 5 aliphatic rings. The molecule has 1 aliphatic heterocycles. The summed E-state index contributed by atoms with van der Waals surface area (Å²) in [5, 5.41) is 15.9. The molecule has 2 bridgehead atoms. The number of carbonyl (C=O) groups excluding carboxylic acids is 2. The van der Waals surface area contributed by atoms with Crippen molar-refractivity contribution in [2.75, 3.05) is 6.61 Å². The molecular weight excluding hydrogens is 486 g/mol. The maximum absolute atomic E-state index is 13.8. The molecular formula is C21H30ClF4N3O5. The molecule has 0 radical (unpaired) electrons. The fourth-order valence-electron chi connectivity index (χ4n) is 5.54. The molecule has 0 aromatic heterocycles. The summed E-state index contributed by atoms with van der Waals surface area (Å²) in [5.74, 6) is -1.07. The van der Waals surface area contributed by atoms with Crippen molar-refractivity contribution in [2.24, 2.45) is 0 Å². The van der Waals surface area contributed by atoms with Crippen LogP contribution in [0.1, 0.15) is 57.8 Å². The molecule has 0 aromatic rings. The van der Waals surface area contributed by atoms with Crippen LogP contribution in [0.15, 0.2) is 0 Å². The van der Waals surface area contributed by atoms with E-state index >= 15 is 0 Å². The first-order valence-corrected chi connectivity index (χ1v) is 12.0. The van der Waals surface area contributed by atoms with E-state index in [2.05, 4.69) is 10.6 Å². The lowest BCUT2D eigenvalue weighted by atomic mass is 9.60. The molecule has 5 unspecified atom stereocenters. The number of alkyl halides is 5. The average Bonchev–Trinajstić information content (AvgIpc) is 3.27. The molecule has 4 aliphatic carbocycles. The van der Waals surface area contributed by atoms with Gasteiger partial charge in [-0.1, -0.05) is 0 Å². The number of nitrogens with one attached hydrogen (secondary N) is 3. The first-order valence-electron chi connectivity index (χ1n) is 11.6. The van der Waals surface area contributed by atoms with Crippen LogP contribution in [-0.4, -0.2) is 76.7 Å². The zero-order valence-electron chi connectivity index (χ0n) is 18.5. The van der Waals surface area contributed by atoms with Gasteiger partial charge >= 0.3 is 6.18 Å². The summed E-state index contributed by atoms with van der Waals surface area (Å²) in [5.41, 5.74) is 0.226. The highest BCUT2D eigenvalue weighted by molar-refractivity contribution is 6.21. The molecule has 0 aromatic carbocycles. The number of hydrogen-bond acceptors (Lipinski definition) is 6. The third-order valence-corrected chi connectivity index (χ3v) is 8.17. The van der Waals surface area contributed by atoms with Crippen LogP contribution in [0.3, 0.4) is 0 Å². The maximum Gasteiger partial charge on any atom is 0.406 e. The number of hydroxylamine groups is 1. The van der Waals surface area contributed by atoms with Crippen LogP contribution in [-0.2, 0) is 19.2 Å². The van der Waals surface area contributed by atoms with E-state index in [0.29, 0.717) is 38.5 Å². The molecule has 5 rings (SSSR count). The van der Waals surface area contributed by atoms with Gasteiger partial charge in [0.2, 0.25) is 5.91 Å². The molecule has 34 heavy (non-hydrogen) atoms. The van der Waals surface area contributed by atoms with Crippen molar-refractivity contribution < 1.29 is 41.8 Å². The Hall–Kier alpha value is -1.21. The fraction of sp³-hybridized carbons (Fsp3) is 0.905. The molecule has 6 atom stereocenters. The summed E-state index contributed by atoms with van der Waals surface area (Å²) < 4.78 is 57.8. The molecule has 2 amide bonds. The number of carbonyl (C=O) groups is 2. The number of aliphatic hydroxyl groups is 1. The van der Waals surface area contributed by atoms with E-state index in [1.807, 2.05) is 5.48 Å². The van der Waals surface area contributed by atoms with E-state index in [1.165, 1.54) is 0 Å². The normalized spacial score (nSPS) is 42.4. The fourth-order valence-corrected chi connectivity index (χ4v) is 5.77. The van der Waals surface area contributed by atoms with Crippen LogP contribution in [0.5, 0.6) is 0 Å². The Morgan fingerprint density at radius 2 is 1.85 bits per heavy atom. The molecule has 8 nitrogen and oxygen atoms in total. The van der Waals surface area contributed by atoms with Crippen molar-refractivity contribution in [1.82, 2.24) is 16.1 Å². The summed E-state index contributed by atoms with van der Waals surface area (Å²) in [4.78, 5) is 29.9. The van der Waals surface area contributed by atoms with Crippen molar-refractivity contribution >= 4 is 23.4 Å². The Morgan fingerprint density at radius 1 is 1.15 bits per heavy atom. The lowest BCUT2D eigenvalue weighted by molar-refractivity contribution is -0.165. The molecule has 0 spiro atoms. The summed E-state index contributed by atoms with van der Waals surface area (Å²) in [6.45, 7) is -0.257. The van der Waals surface area contributed by atoms with Crippen LogP contribution in [0.4, 0.5) is 17.6 Å². The summed E-state index contributed by atoms with van der Waals surface area (Å²) in [6.07, 6.45) is -5.81. The highest BCUT2D eigenvalue weighted by Gasteiger charge is 2.56. The zero-order valence-corrected chi connectivity index (χ0v) is 19.3. The van der Waals surface area contributed by atoms with Gasteiger partial charge in [-0.05, 0) is 44.9 Å². The third-order valence-electron chi connectivity index (χ3n) is 7.68. The van der Waals surface area contributed by atoms with Gasteiger partial charge in [0, 0.05) is 18.4 Å². The van der Waals surface area contributed by atoms with Crippen LogP contribution < -0.4 is 16.1 Å². The van der Waals surface area contributed by atoms with Crippen molar-refractivity contribution in [3.8, 4) is 0 Å². The van der Waals surface area contributed by atoms with E-state index < -0.39 is 65.3 Å². The quantitative estimate of drug-likeness (QED) is 0.317. The minimum Gasteiger partial charge on any atom is -0.391 e. The minimum absolute atomic E-state index is 0.140. The van der Waals surface area contributed by atoms with Gasteiger partial charge in [-0.2, -0.15) is 18.7 Å². The standard InChI is InChI=1S/C21H30ClF4N3O5/c22-12-2-1-11(7-13(12)23)33-10-17(31)27-20-5-3-19(4-6-20,9-16(20)30)28-18(32)14-8-15(29-34-14)21(24,25)26/h11-16,29-30H,1-10H2,(H,27,31)(H,28,32)/t11?,12?,13?,14?,15?,16-,19?,20?/m0/s1. The Morgan fingerprint density at radius 3 is 2.44 bits per heavy atom. The van der Waals surface area contributed by atoms with Gasteiger partial charge in [0.05, 0.1) is 23.1 Å².